The van der Waals surface area contributed by atoms with E-state index in [-0.39, 0.29) is 18.8 Å². The molecule has 0 fully saturated rings. The van der Waals surface area contributed by atoms with Gasteiger partial charge in [-0.25, -0.2) is 18.3 Å². The summed E-state index contributed by atoms with van der Waals surface area (Å²) in [6.45, 7) is 2.74. The van der Waals surface area contributed by atoms with Crippen LogP contribution in [0.3, 0.4) is 0 Å². The Morgan fingerprint density at radius 2 is 2.00 bits per heavy atom. The molecule has 0 saturated carbocycles. The summed E-state index contributed by atoms with van der Waals surface area (Å²) >= 11 is 0. The van der Waals surface area contributed by atoms with Crippen molar-refractivity contribution in [3.63, 3.8) is 0 Å². The number of hydroxylamine groups is 1. The number of aryl methyl sites for hydroxylation is 1. The minimum absolute atomic E-state index is 0.0573. The molecule has 1 unspecified atom stereocenters. The lowest BCUT2D eigenvalue weighted by Crippen LogP contribution is -2.49. The first-order chi connectivity index (χ1) is 12.5. The largest absolute Gasteiger partial charge is 0.315 e. The first-order valence-electron chi connectivity index (χ1n) is 8.11. The Kier molecular flexibility index (Phi) is 5.86. The van der Waals surface area contributed by atoms with E-state index in [0.717, 1.165) is 6.26 Å². The number of carbonyl (C=O) groups is 1. The van der Waals surface area contributed by atoms with Crippen molar-refractivity contribution in [2.24, 2.45) is 0 Å². The van der Waals surface area contributed by atoms with E-state index in [4.69, 9.17) is 5.21 Å². The molecule has 2 N–H and O–H groups in total. The molecular formula is C18H21FN2O5S. The number of pyridine rings is 1. The molecule has 1 atom stereocenters. The van der Waals surface area contributed by atoms with Crippen LogP contribution in [0.1, 0.15) is 18.9 Å². The minimum Gasteiger partial charge on any atom is -0.315 e. The number of halogens is 1. The van der Waals surface area contributed by atoms with Gasteiger partial charge in [-0.05, 0) is 49.1 Å². The molecular weight excluding hydrogens is 375 g/mol. The number of carbonyl (C=O) groups excluding carboxylic acids is 1. The number of benzene rings is 1. The van der Waals surface area contributed by atoms with E-state index in [1.165, 1.54) is 35.3 Å². The van der Waals surface area contributed by atoms with E-state index in [1.807, 2.05) is 0 Å². The number of rotatable bonds is 6. The number of sulfone groups is 1. The molecule has 1 aromatic heterocycles. The van der Waals surface area contributed by atoms with Crippen LogP contribution >= 0.6 is 0 Å². The highest BCUT2D eigenvalue weighted by molar-refractivity contribution is 7.92. The molecule has 2 rings (SSSR count). The molecule has 0 aliphatic rings. The van der Waals surface area contributed by atoms with E-state index in [1.54, 1.807) is 25.1 Å². The van der Waals surface area contributed by atoms with Crippen LogP contribution < -0.4 is 11.0 Å². The summed E-state index contributed by atoms with van der Waals surface area (Å²) in [6, 6.07) is 7.52. The first kappa shape index (κ1) is 20.8. The fourth-order valence-corrected chi connectivity index (χ4v) is 3.54. The molecule has 1 aromatic carbocycles. The van der Waals surface area contributed by atoms with Gasteiger partial charge in [0.25, 0.3) is 11.5 Å². The van der Waals surface area contributed by atoms with Crippen molar-refractivity contribution in [2.75, 3.05) is 6.26 Å². The molecule has 7 nitrogen and oxygen atoms in total. The van der Waals surface area contributed by atoms with Crippen LogP contribution in [0.2, 0.25) is 0 Å². The predicted octanol–water partition coefficient (Wildman–Crippen LogP) is 1.66. The number of nitrogens with zero attached hydrogens (tertiary/aromatic N) is 1. The minimum atomic E-state index is -3.85. The quantitative estimate of drug-likeness (QED) is 0.571. The third-order valence-electron chi connectivity index (χ3n) is 4.80. The van der Waals surface area contributed by atoms with Crippen molar-refractivity contribution in [2.45, 2.75) is 31.6 Å². The van der Waals surface area contributed by atoms with Crippen molar-refractivity contribution in [1.29, 1.82) is 0 Å². The Balaban J connectivity index is 2.33. The van der Waals surface area contributed by atoms with Crippen LogP contribution in [0.15, 0.2) is 41.3 Å². The van der Waals surface area contributed by atoms with Gasteiger partial charge in [0.15, 0.2) is 14.6 Å². The van der Waals surface area contributed by atoms with E-state index in [0.29, 0.717) is 16.7 Å². The zero-order chi connectivity index (χ0) is 20.4. The van der Waals surface area contributed by atoms with Crippen molar-refractivity contribution in [3.8, 4) is 11.1 Å². The van der Waals surface area contributed by atoms with Crippen molar-refractivity contribution < 1.29 is 22.8 Å². The van der Waals surface area contributed by atoms with Crippen LogP contribution in [-0.4, -0.2) is 35.1 Å². The third kappa shape index (κ3) is 4.09. The maximum Gasteiger partial charge on any atom is 0.264 e. The second kappa shape index (κ2) is 7.61. The number of aromatic nitrogens is 1. The van der Waals surface area contributed by atoms with Gasteiger partial charge in [-0.3, -0.25) is 14.8 Å². The summed E-state index contributed by atoms with van der Waals surface area (Å²) in [4.78, 5) is 24.2. The molecule has 0 aliphatic heterocycles. The van der Waals surface area contributed by atoms with Crippen molar-refractivity contribution in [3.05, 3.63) is 58.3 Å². The lowest BCUT2D eigenvalue weighted by molar-refractivity contribution is -0.131. The standard InChI is InChI=1S/C18H21FN2O5S/c1-12-14(5-4-6-15(12)19)13-7-9-21(16(22)11-13)10-8-18(2,17(23)20-24)27(3,25)26/h4-7,9,11,24H,8,10H2,1-3H3,(H,20,23). The van der Waals surface area contributed by atoms with E-state index in [9.17, 15) is 22.4 Å². The van der Waals surface area contributed by atoms with Gasteiger partial charge in [0.05, 0.1) is 0 Å². The summed E-state index contributed by atoms with van der Waals surface area (Å²) in [6.07, 6.45) is 2.14. The van der Waals surface area contributed by atoms with E-state index in [2.05, 4.69) is 0 Å². The van der Waals surface area contributed by atoms with Gasteiger partial charge < -0.3 is 4.57 Å². The summed E-state index contributed by atoms with van der Waals surface area (Å²) in [7, 11) is -3.85. The maximum absolute atomic E-state index is 13.7. The number of amides is 1. The molecule has 0 bridgehead atoms. The molecule has 0 saturated heterocycles. The zero-order valence-corrected chi connectivity index (χ0v) is 16.0. The van der Waals surface area contributed by atoms with Crippen LogP contribution in [0.5, 0.6) is 0 Å². The summed E-state index contributed by atoms with van der Waals surface area (Å²) in [5, 5.41) is 8.83. The second-order valence-electron chi connectivity index (χ2n) is 6.55. The van der Waals surface area contributed by atoms with Gasteiger partial charge >= 0.3 is 0 Å². The van der Waals surface area contributed by atoms with Crippen LogP contribution in [0, 0.1) is 12.7 Å². The van der Waals surface area contributed by atoms with Gasteiger partial charge in [-0.2, -0.15) is 0 Å². The van der Waals surface area contributed by atoms with Crippen molar-refractivity contribution >= 4 is 15.7 Å². The Labute approximate surface area is 156 Å². The van der Waals surface area contributed by atoms with Gasteiger partial charge in [0, 0.05) is 25.1 Å². The highest BCUT2D eigenvalue weighted by atomic mass is 32.2. The number of hydrogen-bond donors (Lipinski definition) is 2. The van der Waals surface area contributed by atoms with E-state index < -0.39 is 26.1 Å². The predicted molar refractivity (Wildman–Crippen MR) is 98.6 cm³/mol. The smallest absolute Gasteiger partial charge is 0.264 e. The average Bonchev–Trinajstić information content (AvgIpc) is 2.61. The Hall–Kier alpha value is -2.52. The third-order valence-corrected chi connectivity index (χ3v) is 6.83. The van der Waals surface area contributed by atoms with Gasteiger partial charge in [0.1, 0.15) is 5.82 Å². The number of nitrogens with one attached hydrogen (secondary N) is 1. The molecule has 27 heavy (non-hydrogen) atoms. The van der Waals surface area contributed by atoms with Gasteiger partial charge in [-0.1, -0.05) is 12.1 Å². The highest BCUT2D eigenvalue weighted by Crippen LogP contribution is 2.25. The number of hydrogen-bond acceptors (Lipinski definition) is 5. The molecule has 146 valence electrons. The molecule has 9 heteroatoms. The SMILES string of the molecule is Cc1c(F)cccc1-c1ccn(CCC(C)(C(=O)NO)S(C)(=O)=O)c(=O)c1. The van der Waals surface area contributed by atoms with Crippen LogP contribution in [0.4, 0.5) is 4.39 Å². The van der Waals surface area contributed by atoms with Gasteiger partial charge in [0.2, 0.25) is 0 Å². The Bertz CT molecular complexity index is 1030. The average molecular weight is 396 g/mol. The summed E-state index contributed by atoms with van der Waals surface area (Å²) in [5.74, 6) is -1.44. The van der Waals surface area contributed by atoms with E-state index >= 15 is 0 Å². The normalized spacial score (nSPS) is 13.8. The first-order valence-corrected chi connectivity index (χ1v) is 10.0. The second-order valence-corrected chi connectivity index (χ2v) is 9.00. The molecule has 0 radical (unpaired) electrons. The summed E-state index contributed by atoms with van der Waals surface area (Å²) < 4.78 is 37.0. The lowest BCUT2D eigenvalue weighted by atomic mass is 10.0. The van der Waals surface area contributed by atoms with Crippen molar-refractivity contribution in [1.82, 2.24) is 10.0 Å². The van der Waals surface area contributed by atoms with Crippen LogP contribution in [-0.2, 0) is 21.2 Å². The Morgan fingerprint density at radius 3 is 2.56 bits per heavy atom. The lowest BCUT2D eigenvalue weighted by Gasteiger charge is -2.25. The Morgan fingerprint density at radius 1 is 1.33 bits per heavy atom. The topological polar surface area (TPSA) is 105 Å². The zero-order valence-electron chi connectivity index (χ0n) is 15.2. The molecule has 2 aromatic rings. The molecule has 1 heterocycles. The fourth-order valence-electron chi connectivity index (χ4n) is 2.70. The van der Waals surface area contributed by atoms with Gasteiger partial charge in [-0.15, -0.1) is 0 Å². The molecule has 0 spiro atoms. The molecule has 1 amide bonds. The van der Waals surface area contributed by atoms with Crippen LogP contribution in [0.25, 0.3) is 11.1 Å². The molecule has 0 aliphatic carbocycles. The maximum atomic E-state index is 13.7. The summed E-state index contributed by atoms with van der Waals surface area (Å²) in [5.41, 5.74) is 2.48. The fraction of sp³-hybridized carbons (Fsp3) is 0.333. The monoisotopic (exact) mass is 396 g/mol. The highest BCUT2D eigenvalue weighted by Gasteiger charge is 2.43.